The third-order valence-electron chi connectivity index (χ3n) is 4.97. The molecule has 1 aromatic heterocycles. The first-order valence-electron chi connectivity index (χ1n) is 7.84. The van der Waals surface area contributed by atoms with Crippen LogP contribution in [0.25, 0.3) is 5.69 Å². The van der Waals surface area contributed by atoms with Crippen LogP contribution in [0.3, 0.4) is 0 Å². The molecule has 122 valence electrons. The topological polar surface area (TPSA) is 50.2 Å². The number of nitrogens with zero attached hydrogens (tertiary/aromatic N) is 3. The monoisotopic (exact) mass is 332 g/mol. The van der Waals surface area contributed by atoms with Crippen molar-refractivity contribution in [2.45, 2.75) is 12.8 Å². The number of hydrogen-bond donors (Lipinski definition) is 1. The van der Waals surface area contributed by atoms with Crippen LogP contribution in [-0.4, -0.2) is 46.5 Å². The predicted molar refractivity (Wildman–Crippen MR) is 91.3 cm³/mol. The van der Waals surface area contributed by atoms with Crippen molar-refractivity contribution in [3.63, 3.8) is 0 Å². The molecule has 0 saturated carbocycles. The van der Waals surface area contributed by atoms with E-state index in [9.17, 15) is 4.79 Å². The van der Waals surface area contributed by atoms with Gasteiger partial charge in [-0.15, -0.1) is 12.4 Å². The zero-order valence-corrected chi connectivity index (χ0v) is 13.8. The fourth-order valence-electron chi connectivity index (χ4n) is 3.62. The van der Waals surface area contributed by atoms with Crippen LogP contribution >= 0.6 is 12.4 Å². The lowest BCUT2D eigenvalue weighted by atomic mass is 9.86. The molecule has 1 amide bonds. The molecule has 1 spiro atoms. The van der Waals surface area contributed by atoms with E-state index < -0.39 is 0 Å². The summed E-state index contributed by atoms with van der Waals surface area (Å²) >= 11 is 0. The first-order valence-corrected chi connectivity index (χ1v) is 7.84. The number of nitrogens with one attached hydrogen (secondary N) is 1. The van der Waals surface area contributed by atoms with E-state index >= 15 is 0 Å². The Morgan fingerprint density at radius 2 is 2.04 bits per heavy atom. The highest BCUT2D eigenvalue weighted by molar-refractivity contribution is 5.94. The molecule has 1 aromatic carbocycles. The van der Waals surface area contributed by atoms with Gasteiger partial charge in [-0.3, -0.25) is 4.79 Å². The van der Waals surface area contributed by atoms with Crippen LogP contribution in [0.15, 0.2) is 43.0 Å². The number of imidazole rings is 1. The second kappa shape index (κ2) is 6.34. The molecule has 3 heterocycles. The van der Waals surface area contributed by atoms with Crippen molar-refractivity contribution in [1.29, 1.82) is 0 Å². The number of halogens is 1. The number of hydrogen-bond acceptors (Lipinski definition) is 3. The maximum Gasteiger partial charge on any atom is 0.253 e. The largest absolute Gasteiger partial charge is 0.338 e. The molecule has 4 rings (SSSR count). The summed E-state index contributed by atoms with van der Waals surface area (Å²) in [7, 11) is 0. The van der Waals surface area contributed by atoms with E-state index in [1.54, 1.807) is 12.5 Å². The van der Waals surface area contributed by atoms with Gasteiger partial charge in [0.1, 0.15) is 0 Å². The Labute approximate surface area is 142 Å². The number of amides is 1. The van der Waals surface area contributed by atoms with Gasteiger partial charge >= 0.3 is 0 Å². The van der Waals surface area contributed by atoms with Crippen molar-refractivity contribution in [2.75, 3.05) is 26.2 Å². The second-order valence-corrected chi connectivity index (χ2v) is 6.42. The summed E-state index contributed by atoms with van der Waals surface area (Å²) in [6.45, 7) is 3.91. The number of aromatic nitrogens is 2. The minimum atomic E-state index is 0. The van der Waals surface area contributed by atoms with Gasteiger partial charge in [-0.25, -0.2) is 4.98 Å². The van der Waals surface area contributed by atoms with Crippen LogP contribution in [0, 0.1) is 5.41 Å². The molecule has 2 aromatic rings. The molecule has 0 aliphatic carbocycles. The van der Waals surface area contributed by atoms with Gasteiger partial charge in [-0.05, 0) is 43.7 Å². The van der Waals surface area contributed by atoms with Gasteiger partial charge in [0.2, 0.25) is 0 Å². The molecule has 2 fully saturated rings. The summed E-state index contributed by atoms with van der Waals surface area (Å²) in [5, 5.41) is 3.43. The molecule has 2 aliphatic rings. The summed E-state index contributed by atoms with van der Waals surface area (Å²) in [5.41, 5.74) is 2.12. The van der Waals surface area contributed by atoms with Gasteiger partial charge in [0, 0.05) is 48.7 Å². The fraction of sp³-hybridized carbons (Fsp3) is 0.412. The van der Waals surface area contributed by atoms with E-state index in [0.717, 1.165) is 43.9 Å². The third-order valence-corrected chi connectivity index (χ3v) is 4.97. The lowest BCUT2D eigenvalue weighted by molar-refractivity contribution is 0.0776. The van der Waals surface area contributed by atoms with E-state index in [4.69, 9.17) is 0 Å². The Bertz CT molecular complexity index is 662. The number of likely N-dealkylation sites (tertiary alicyclic amines) is 1. The highest BCUT2D eigenvalue weighted by atomic mass is 35.5. The standard InChI is InChI=1S/C17H20N4O.ClH/c22-16(20-9-6-17(12-20)5-7-18-11-17)14-1-3-15(4-2-14)21-10-8-19-13-21;/h1-4,8,10,13,18H,5-7,9,11-12H2;1H. The van der Waals surface area contributed by atoms with E-state index in [0.29, 0.717) is 5.41 Å². The first-order chi connectivity index (χ1) is 10.8. The van der Waals surface area contributed by atoms with Gasteiger partial charge in [-0.2, -0.15) is 0 Å². The smallest absolute Gasteiger partial charge is 0.253 e. The van der Waals surface area contributed by atoms with E-state index in [-0.39, 0.29) is 18.3 Å². The summed E-state index contributed by atoms with van der Waals surface area (Å²) < 4.78 is 1.93. The van der Waals surface area contributed by atoms with Gasteiger partial charge in [0.05, 0.1) is 6.33 Å². The summed E-state index contributed by atoms with van der Waals surface area (Å²) in [4.78, 5) is 18.7. The number of carbonyl (C=O) groups excluding carboxylic acids is 1. The molecule has 5 nitrogen and oxygen atoms in total. The minimum absolute atomic E-state index is 0. The molecular weight excluding hydrogens is 312 g/mol. The van der Waals surface area contributed by atoms with E-state index in [2.05, 4.69) is 10.3 Å². The molecule has 0 radical (unpaired) electrons. The first kappa shape index (κ1) is 16.0. The van der Waals surface area contributed by atoms with Crippen molar-refractivity contribution in [2.24, 2.45) is 5.41 Å². The minimum Gasteiger partial charge on any atom is -0.338 e. The van der Waals surface area contributed by atoms with Gasteiger partial charge in [0.25, 0.3) is 5.91 Å². The van der Waals surface area contributed by atoms with Crippen LogP contribution in [0.2, 0.25) is 0 Å². The Morgan fingerprint density at radius 1 is 1.22 bits per heavy atom. The number of rotatable bonds is 2. The molecular formula is C17H21ClN4O. The molecule has 1 N–H and O–H groups in total. The lowest BCUT2D eigenvalue weighted by Crippen LogP contribution is -2.33. The number of benzene rings is 1. The Hall–Kier alpha value is -1.85. The van der Waals surface area contributed by atoms with Gasteiger partial charge < -0.3 is 14.8 Å². The molecule has 23 heavy (non-hydrogen) atoms. The maximum atomic E-state index is 12.7. The highest BCUT2D eigenvalue weighted by Crippen LogP contribution is 2.36. The maximum absolute atomic E-state index is 12.7. The summed E-state index contributed by atoms with van der Waals surface area (Å²) in [6.07, 6.45) is 7.72. The second-order valence-electron chi connectivity index (χ2n) is 6.42. The van der Waals surface area contributed by atoms with Gasteiger partial charge in [-0.1, -0.05) is 0 Å². The normalized spacial score (nSPS) is 23.2. The van der Waals surface area contributed by atoms with Crippen molar-refractivity contribution in [3.8, 4) is 5.69 Å². The SMILES string of the molecule is Cl.O=C(c1ccc(-n2ccnc2)cc1)N1CCC2(CCNC2)C1. The van der Waals surface area contributed by atoms with Crippen LogP contribution in [-0.2, 0) is 0 Å². The zero-order valence-electron chi connectivity index (χ0n) is 12.9. The lowest BCUT2D eigenvalue weighted by Gasteiger charge is -2.22. The van der Waals surface area contributed by atoms with Crippen LogP contribution in [0.5, 0.6) is 0 Å². The molecule has 1 unspecified atom stereocenters. The quantitative estimate of drug-likeness (QED) is 0.916. The molecule has 6 heteroatoms. The average molecular weight is 333 g/mol. The van der Waals surface area contributed by atoms with E-state index in [1.807, 2.05) is 39.9 Å². The Balaban J connectivity index is 0.00000156. The zero-order chi connectivity index (χ0) is 15.0. The van der Waals surface area contributed by atoms with E-state index in [1.165, 1.54) is 6.42 Å². The Kier molecular flexibility index (Phi) is 4.41. The Morgan fingerprint density at radius 3 is 2.70 bits per heavy atom. The molecule has 2 saturated heterocycles. The predicted octanol–water partition coefficient (Wildman–Crippen LogP) is 2.12. The van der Waals surface area contributed by atoms with Crippen molar-refractivity contribution < 1.29 is 4.79 Å². The number of carbonyl (C=O) groups is 1. The molecule has 0 bridgehead atoms. The fourth-order valence-corrected chi connectivity index (χ4v) is 3.62. The van der Waals surface area contributed by atoms with Crippen LogP contribution < -0.4 is 5.32 Å². The van der Waals surface area contributed by atoms with Crippen molar-refractivity contribution in [1.82, 2.24) is 19.8 Å². The average Bonchev–Trinajstić information content (AvgIpc) is 3.30. The molecule has 2 aliphatic heterocycles. The van der Waals surface area contributed by atoms with Crippen LogP contribution in [0.1, 0.15) is 23.2 Å². The van der Waals surface area contributed by atoms with Gasteiger partial charge in [0.15, 0.2) is 0 Å². The summed E-state index contributed by atoms with van der Waals surface area (Å²) in [6, 6.07) is 7.76. The van der Waals surface area contributed by atoms with Crippen molar-refractivity contribution >= 4 is 18.3 Å². The molecule has 1 atom stereocenters. The summed E-state index contributed by atoms with van der Waals surface area (Å²) in [5.74, 6) is 0.154. The highest BCUT2D eigenvalue weighted by Gasteiger charge is 2.41. The van der Waals surface area contributed by atoms with Crippen molar-refractivity contribution in [3.05, 3.63) is 48.5 Å². The van der Waals surface area contributed by atoms with Crippen LogP contribution in [0.4, 0.5) is 0 Å². The third kappa shape index (κ3) is 2.99.